The first-order valence-electron chi connectivity index (χ1n) is 3.39. The highest BCUT2D eigenvalue weighted by atomic mass is 32.1. The van der Waals surface area contributed by atoms with Gasteiger partial charge in [-0.15, -0.1) is 11.3 Å². The highest BCUT2D eigenvalue weighted by Crippen LogP contribution is 2.23. The van der Waals surface area contributed by atoms with Gasteiger partial charge < -0.3 is 10.8 Å². The molecule has 0 amide bonds. The summed E-state index contributed by atoms with van der Waals surface area (Å²) in [6.07, 6.45) is 1.69. The van der Waals surface area contributed by atoms with Crippen LogP contribution in [-0.4, -0.2) is 15.7 Å². The number of hydrogen-bond donors (Lipinski definition) is 2. The van der Waals surface area contributed by atoms with Crippen molar-refractivity contribution < 1.29 is 5.11 Å². The lowest BCUT2D eigenvalue weighted by atomic mass is 10.0. The summed E-state index contributed by atoms with van der Waals surface area (Å²) in [4.78, 5) is 4.02. The van der Waals surface area contributed by atoms with E-state index in [9.17, 15) is 5.11 Å². The summed E-state index contributed by atoms with van der Waals surface area (Å²) in [7, 11) is 0. The fraction of sp³-hybridized carbons (Fsp3) is 0.571. The molecule has 0 aliphatic carbocycles. The van der Waals surface area contributed by atoms with Gasteiger partial charge in [-0.2, -0.15) is 0 Å². The Hall–Kier alpha value is -0.450. The average molecular weight is 172 g/mol. The van der Waals surface area contributed by atoms with Gasteiger partial charge >= 0.3 is 0 Å². The number of hydrogen-bond acceptors (Lipinski definition) is 4. The van der Waals surface area contributed by atoms with E-state index in [-0.39, 0.29) is 6.04 Å². The van der Waals surface area contributed by atoms with E-state index in [4.69, 9.17) is 5.73 Å². The minimum Gasteiger partial charge on any atom is -0.388 e. The summed E-state index contributed by atoms with van der Waals surface area (Å²) < 4.78 is 0. The first kappa shape index (κ1) is 8.64. The van der Waals surface area contributed by atoms with Crippen LogP contribution in [0, 0.1) is 0 Å². The molecule has 3 N–H and O–H groups in total. The molecule has 3 nitrogen and oxygen atoms in total. The first-order valence-corrected chi connectivity index (χ1v) is 4.27. The molecule has 0 saturated carbocycles. The highest BCUT2D eigenvalue weighted by Gasteiger charge is 2.26. The second-order valence-corrected chi connectivity index (χ2v) is 3.93. The zero-order valence-corrected chi connectivity index (χ0v) is 7.43. The van der Waals surface area contributed by atoms with Crippen LogP contribution in [0.2, 0.25) is 0 Å². The number of aromatic nitrogens is 1. The van der Waals surface area contributed by atoms with Crippen LogP contribution in [0.3, 0.4) is 0 Å². The Morgan fingerprint density at radius 3 is 2.73 bits per heavy atom. The molecule has 0 aliphatic heterocycles. The Bertz CT molecular complexity index is 215. The Morgan fingerprint density at radius 1 is 1.73 bits per heavy atom. The molecular formula is C7H12N2OS. The molecule has 0 spiro atoms. The molecule has 0 aliphatic rings. The molecule has 62 valence electrons. The van der Waals surface area contributed by atoms with Gasteiger partial charge in [0.2, 0.25) is 0 Å². The van der Waals surface area contributed by atoms with Crippen LogP contribution in [0.1, 0.15) is 24.9 Å². The second-order valence-electron chi connectivity index (χ2n) is 3.00. The van der Waals surface area contributed by atoms with Crippen molar-refractivity contribution in [3.8, 4) is 0 Å². The maximum absolute atomic E-state index is 9.50. The summed E-state index contributed by atoms with van der Waals surface area (Å²) in [6.45, 7) is 3.36. The van der Waals surface area contributed by atoms with Crippen molar-refractivity contribution in [3.63, 3.8) is 0 Å². The minimum atomic E-state index is -0.891. The minimum absolute atomic E-state index is 0.387. The summed E-state index contributed by atoms with van der Waals surface area (Å²) >= 11 is 1.46. The van der Waals surface area contributed by atoms with Gasteiger partial charge in [0.15, 0.2) is 0 Å². The third kappa shape index (κ3) is 1.99. The molecular weight excluding hydrogens is 160 g/mol. The zero-order chi connectivity index (χ0) is 8.48. The number of nitrogens with zero attached hydrogens (tertiary/aromatic N) is 1. The van der Waals surface area contributed by atoms with Crippen LogP contribution in [-0.2, 0) is 0 Å². The van der Waals surface area contributed by atoms with E-state index < -0.39 is 5.60 Å². The molecule has 0 radical (unpaired) electrons. The number of rotatable bonds is 2. The van der Waals surface area contributed by atoms with Crippen molar-refractivity contribution in [2.75, 3.05) is 0 Å². The Labute approximate surface area is 69.9 Å². The van der Waals surface area contributed by atoms with Gasteiger partial charge in [0, 0.05) is 11.6 Å². The molecule has 1 unspecified atom stereocenters. The lowest BCUT2D eigenvalue weighted by Gasteiger charge is -2.23. The van der Waals surface area contributed by atoms with Crippen molar-refractivity contribution in [2.45, 2.75) is 25.5 Å². The standard InChI is InChI=1S/C7H12N2OS/c1-7(2,10)5(8)6-9-3-4-11-6/h3-5,10H,8H2,1-2H3. The number of thiazole rings is 1. The molecule has 1 atom stereocenters. The number of aliphatic hydroxyl groups is 1. The lowest BCUT2D eigenvalue weighted by molar-refractivity contribution is 0.0516. The fourth-order valence-electron chi connectivity index (χ4n) is 0.690. The predicted molar refractivity (Wildman–Crippen MR) is 45.3 cm³/mol. The van der Waals surface area contributed by atoms with Crippen molar-refractivity contribution in [2.24, 2.45) is 5.73 Å². The van der Waals surface area contributed by atoms with E-state index in [1.54, 1.807) is 20.0 Å². The van der Waals surface area contributed by atoms with Gasteiger partial charge in [-0.05, 0) is 13.8 Å². The third-order valence-corrected chi connectivity index (χ3v) is 2.34. The molecule has 1 aromatic rings. The van der Waals surface area contributed by atoms with Crippen LogP contribution in [0.4, 0.5) is 0 Å². The molecule has 1 heterocycles. The summed E-state index contributed by atoms with van der Waals surface area (Å²) in [5.41, 5.74) is 4.82. The van der Waals surface area contributed by atoms with Crippen molar-refractivity contribution in [1.82, 2.24) is 4.98 Å². The maximum Gasteiger partial charge on any atom is 0.112 e. The summed E-state index contributed by atoms with van der Waals surface area (Å²) in [6, 6.07) is -0.387. The van der Waals surface area contributed by atoms with Gasteiger partial charge in [0.1, 0.15) is 5.01 Å². The molecule has 0 fully saturated rings. The van der Waals surface area contributed by atoms with Crippen LogP contribution >= 0.6 is 11.3 Å². The van der Waals surface area contributed by atoms with E-state index in [1.807, 2.05) is 5.38 Å². The van der Waals surface area contributed by atoms with E-state index in [1.165, 1.54) is 11.3 Å². The van der Waals surface area contributed by atoms with Crippen molar-refractivity contribution in [3.05, 3.63) is 16.6 Å². The molecule has 1 aromatic heterocycles. The monoisotopic (exact) mass is 172 g/mol. The van der Waals surface area contributed by atoms with E-state index in [2.05, 4.69) is 4.98 Å². The van der Waals surface area contributed by atoms with E-state index in [0.29, 0.717) is 0 Å². The van der Waals surface area contributed by atoms with Gasteiger partial charge in [-0.25, -0.2) is 4.98 Å². The van der Waals surface area contributed by atoms with E-state index >= 15 is 0 Å². The van der Waals surface area contributed by atoms with Crippen LogP contribution < -0.4 is 5.73 Å². The smallest absolute Gasteiger partial charge is 0.112 e. The average Bonchev–Trinajstić information content (AvgIpc) is 2.34. The first-order chi connectivity index (χ1) is 5.02. The molecule has 1 rings (SSSR count). The molecule has 0 saturated heterocycles. The molecule has 11 heavy (non-hydrogen) atoms. The zero-order valence-electron chi connectivity index (χ0n) is 6.61. The topological polar surface area (TPSA) is 59.1 Å². The van der Waals surface area contributed by atoms with Gasteiger partial charge in [0.25, 0.3) is 0 Å². The molecule has 4 heteroatoms. The largest absolute Gasteiger partial charge is 0.388 e. The van der Waals surface area contributed by atoms with Crippen LogP contribution in [0.15, 0.2) is 11.6 Å². The Kier molecular flexibility index (Phi) is 2.27. The summed E-state index contributed by atoms with van der Waals surface area (Å²) in [5, 5.41) is 12.1. The molecule has 0 aromatic carbocycles. The number of nitrogens with two attached hydrogens (primary N) is 1. The lowest BCUT2D eigenvalue weighted by Crippen LogP contribution is -2.34. The maximum atomic E-state index is 9.50. The van der Waals surface area contributed by atoms with Crippen LogP contribution in [0.25, 0.3) is 0 Å². The highest BCUT2D eigenvalue weighted by molar-refractivity contribution is 7.09. The predicted octanol–water partition coefficient (Wildman–Crippen LogP) is 0.914. The normalized spacial score (nSPS) is 14.9. The fourth-order valence-corrected chi connectivity index (χ4v) is 1.51. The van der Waals surface area contributed by atoms with Crippen molar-refractivity contribution >= 4 is 11.3 Å². The SMILES string of the molecule is CC(C)(O)C(N)c1nccs1. The van der Waals surface area contributed by atoms with Gasteiger partial charge in [0.05, 0.1) is 11.6 Å². The Morgan fingerprint density at radius 2 is 2.36 bits per heavy atom. The van der Waals surface area contributed by atoms with Gasteiger partial charge in [-0.3, -0.25) is 0 Å². The van der Waals surface area contributed by atoms with E-state index in [0.717, 1.165) is 5.01 Å². The van der Waals surface area contributed by atoms with Crippen molar-refractivity contribution in [1.29, 1.82) is 0 Å². The Balaban J connectivity index is 2.78. The van der Waals surface area contributed by atoms with Gasteiger partial charge in [-0.1, -0.05) is 0 Å². The van der Waals surface area contributed by atoms with Crippen LogP contribution in [0.5, 0.6) is 0 Å². The molecule has 0 bridgehead atoms. The second kappa shape index (κ2) is 2.89. The quantitative estimate of drug-likeness (QED) is 0.697. The third-order valence-electron chi connectivity index (χ3n) is 1.48. The summed E-state index contributed by atoms with van der Waals surface area (Å²) in [5.74, 6) is 0.